The second-order valence-electron chi connectivity index (χ2n) is 12.5. The summed E-state index contributed by atoms with van der Waals surface area (Å²) < 4.78 is 79.9. The monoisotopic (exact) mass is 620 g/mol. The summed E-state index contributed by atoms with van der Waals surface area (Å²) in [6.45, 7) is 2.49. The highest BCUT2D eigenvalue weighted by Gasteiger charge is 2.40. The molecule has 2 unspecified atom stereocenters. The lowest BCUT2D eigenvalue weighted by Gasteiger charge is -2.39. The molecule has 2 aromatic heterocycles. The number of likely N-dealkylation sites (N-methyl/N-ethyl adjacent to an activating group) is 1. The highest BCUT2D eigenvalue weighted by Crippen LogP contribution is 2.42. The number of hydrogen-bond donors (Lipinski definition) is 0. The normalized spacial score (nSPS) is 25.0. The molecule has 0 N–H and O–H groups in total. The molecule has 8 rings (SSSR count). The summed E-state index contributed by atoms with van der Waals surface area (Å²) in [4.78, 5) is 20.6. The van der Waals surface area contributed by atoms with E-state index in [2.05, 4.69) is 32.7 Å². The SMILES string of the molecule is C#Cc1c(F)ccc2cc(C(F)(F)F)cc(-c3ncc4c(N5C[C@H]6CC[C@@H](C5)O6)nc(N5CC6CCC(C5)N6C)nc4c3F)c12. The second-order valence-corrected chi connectivity index (χ2v) is 12.5. The minimum atomic E-state index is -4.75. The van der Waals surface area contributed by atoms with Gasteiger partial charge in [0.1, 0.15) is 22.8 Å². The van der Waals surface area contributed by atoms with Crippen LogP contribution >= 0.6 is 0 Å². The number of halogens is 5. The lowest BCUT2D eigenvalue weighted by molar-refractivity contribution is -0.137. The van der Waals surface area contributed by atoms with E-state index in [0.29, 0.717) is 55.4 Å². The first-order valence-electron chi connectivity index (χ1n) is 15.1. The molecule has 0 spiro atoms. The Morgan fingerprint density at radius 3 is 2.31 bits per heavy atom. The number of rotatable bonds is 3. The molecule has 12 heteroatoms. The molecule has 45 heavy (non-hydrogen) atoms. The minimum Gasteiger partial charge on any atom is -0.371 e. The maximum atomic E-state index is 16.9. The lowest BCUT2D eigenvalue weighted by atomic mass is 9.93. The zero-order chi connectivity index (χ0) is 31.2. The number of benzene rings is 2. The first-order valence-corrected chi connectivity index (χ1v) is 15.1. The maximum absolute atomic E-state index is 16.9. The van der Waals surface area contributed by atoms with Crippen LogP contribution in [0.4, 0.5) is 33.7 Å². The third-order valence-corrected chi connectivity index (χ3v) is 9.92. The molecule has 4 bridgehead atoms. The van der Waals surface area contributed by atoms with E-state index in [1.165, 1.54) is 12.3 Å². The summed E-state index contributed by atoms with van der Waals surface area (Å²) in [7, 11) is 2.11. The van der Waals surface area contributed by atoms with Crippen molar-refractivity contribution in [2.75, 3.05) is 43.0 Å². The topological polar surface area (TPSA) is 57.6 Å². The Bertz CT molecular complexity index is 1880. The van der Waals surface area contributed by atoms with Crippen LogP contribution in [0.3, 0.4) is 0 Å². The molecular weight excluding hydrogens is 591 g/mol. The number of aromatic nitrogens is 3. The first kappa shape index (κ1) is 28.4. The van der Waals surface area contributed by atoms with Crippen LogP contribution in [0.15, 0.2) is 30.5 Å². The van der Waals surface area contributed by atoms with Gasteiger partial charge in [0.15, 0.2) is 5.82 Å². The summed E-state index contributed by atoms with van der Waals surface area (Å²) in [6, 6.07) is 4.51. The Morgan fingerprint density at radius 2 is 1.64 bits per heavy atom. The van der Waals surface area contributed by atoms with Crippen LogP contribution in [0.5, 0.6) is 0 Å². The third kappa shape index (κ3) is 4.58. The van der Waals surface area contributed by atoms with Gasteiger partial charge in [0, 0.05) is 55.4 Å². The molecule has 4 atom stereocenters. The Hall–Kier alpha value is -4.08. The standard InChI is InChI=1S/C33H29F5N6O/c1-3-23-26(34)9-4-17-10-18(33(36,37)38)11-24(27(17)23)29-28(35)30-25(12-39-29)31(43-15-21-7-8-22(16-43)45-21)41-32(40-30)44-13-19-5-6-20(14-44)42(19)2/h1,4,9-12,19-22H,5-8,13-16H2,2H3/t19?,20?,21-,22+. The number of ether oxygens (including phenoxy) is 1. The van der Waals surface area contributed by atoms with E-state index in [1.54, 1.807) is 0 Å². The fourth-order valence-electron chi connectivity index (χ4n) is 7.60. The van der Waals surface area contributed by atoms with E-state index in [4.69, 9.17) is 21.1 Å². The highest BCUT2D eigenvalue weighted by atomic mass is 19.4. The predicted octanol–water partition coefficient (Wildman–Crippen LogP) is 5.77. The van der Waals surface area contributed by atoms with Crippen molar-refractivity contribution < 1.29 is 26.7 Å². The number of nitrogens with zero attached hydrogens (tertiary/aromatic N) is 6. The summed E-state index contributed by atoms with van der Waals surface area (Å²) in [5, 5.41) is 0.348. The second kappa shape index (κ2) is 10.2. The van der Waals surface area contributed by atoms with Gasteiger partial charge in [0.25, 0.3) is 0 Å². The van der Waals surface area contributed by atoms with Crippen molar-refractivity contribution in [1.29, 1.82) is 0 Å². The molecule has 232 valence electrons. The number of anilines is 2. The summed E-state index contributed by atoms with van der Waals surface area (Å²) >= 11 is 0. The Balaban J connectivity index is 1.35. The van der Waals surface area contributed by atoms with Gasteiger partial charge in [0.05, 0.1) is 28.7 Å². The smallest absolute Gasteiger partial charge is 0.371 e. The van der Waals surface area contributed by atoms with Gasteiger partial charge in [-0.25, -0.2) is 13.8 Å². The number of terminal acetylenes is 1. The number of pyridine rings is 1. The van der Waals surface area contributed by atoms with Crippen molar-refractivity contribution in [3.8, 4) is 23.6 Å². The zero-order valence-electron chi connectivity index (χ0n) is 24.4. The van der Waals surface area contributed by atoms with E-state index in [9.17, 15) is 17.6 Å². The molecule has 4 fully saturated rings. The molecule has 0 amide bonds. The number of piperazine rings is 1. The molecular formula is C33H29F5N6O. The summed E-state index contributed by atoms with van der Waals surface area (Å²) in [6.07, 6.45) is 6.26. The molecule has 0 aliphatic carbocycles. The average molecular weight is 621 g/mol. The molecule has 0 radical (unpaired) electrons. The third-order valence-electron chi connectivity index (χ3n) is 9.92. The first-order chi connectivity index (χ1) is 21.6. The molecule has 4 aromatic rings. The molecule has 0 saturated carbocycles. The van der Waals surface area contributed by atoms with Crippen LogP contribution < -0.4 is 9.80 Å². The van der Waals surface area contributed by atoms with Gasteiger partial charge in [0.2, 0.25) is 5.95 Å². The van der Waals surface area contributed by atoms with E-state index < -0.39 is 29.1 Å². The Morgan fingerprint density at radius 1 is 0.933 bits per heavy atom. The van der Waals surface area contributed by atoms with Crippen LogP contribution in [-0.2, 0) is 10.9 Å². The van der Waals surface area contributed by atoms with Gasteiger partial charge in [-0.1, -0.05) is 12.0 Å². The van der Waals surface area contributed by atoms with Crippen LogP contribution in [-0.4, -0.2) is 77.4 Å². The zero-order valence-corrected chi connectivity index (χ0v) is 24.4. The Labute approximate surface area is 256 Å². The van der Waals surface area contributed by atoms with Crippen molar-refractivity contribution in [1.82, 2.24) is 19.9 Å². The fraction of sp³-hybridized carbons (Fsp3) is 0.424. The average Bonchev–Trinajstić information content (AvgIpc) is 3.44. The van der Waals surface area contributed by atoms with Crippen molar-refractivity contribution in [3.63, 3.8) is 0 Å². The van der Waals surface area contributed by atoms with Crippen molar-refractivity contribution in [2.24, 2.45) is 0 Å². The van der Waals surface area contributed by atoms with Gasteiger partial charge in [-0.15, -0.1) is 6.42 Å². The molecule has 2 aromatic carbocycles. The quantitative estimate of drug-likeness (QED) is 0.213. The molecule has 7 nitrogen and oxygen atoms in total. The van der Waals surface area contributed by atoms with Crippen LogP contribution in [0.1, 0.15) is 36.8 Å². The largest absolute Gasteiger partial charge is 0.416 e. The van der Waals surface area contributed by atoms with Gasteiger partial charge < -0.3 is 14.5 Å². The predicted molar refractivity (Wildman–Crippen MR) is 160 cm³/mol. The van der Waals surface area contributed by atoms with E-state index >= 15 is 4.39 Å². The lowest BCUT2D eigenvalue weighted by Crippen LogP contribution is -2.52. The molecule has 4 aliphatic heterocycles. The van der Waals surface area contributed by atoms with Gasteiger partial charge >= 0.3 is 6.18 Å². The molecule has 4 aliphatic rings. The Kier molecular flexibility index (Phi) is 6.45. The number of alkyl halides is 3. The van der Waals surface area contributed by atoms with Gasteiger partial charge in [-0.2, -0.15) is 18.2 Å². The van der Waals surface area contributed by atoms with Crippen LogP contribution in [0, 0.1) is 24.0 Å². The summed E-state index contributed by atoms with van der Waals surface area (Å²) in [5.74, 6) is 1.40. The minimum absolute atomic E-state index is 0.0221. The highest BCUT2D eigenvalue weighted by molar-refractivity contribution is 6.02. The maximum Gasteiger partial charge on any atom is 0.416 e. The number of morpholine rings is 1. The summed E-state index contributed by atoms with van der Waals surface area (Å²) in [5.41, 5.74) is -2.00. The van der Waals surface area contributed by atoms with E-state index in [-0.39, 0.29) is 39.6 Å². The van der Waals surface area contributed by atoms with E-state index in [1.807, 2.05) is 0 Å². The van der Waals surface area contributed by atoms with E-state index in [0.717, 1.165) is 43.9 Å². The number of hydrogen-bond acceptors (Lipinski definition) is 7. The fourth-order valence-corrected chi connectivity index (χ4v) is 7.60. The van der Waals surface area contributed by atoms with Gasteiger partial charge in [-0.3, -0.25) is 9.88 Å². The molecule has 6 heterocycles. The van der Waals surface area contributed by atoms with Crippen LogP contribution in [0.2, 0.25) is 0 Å². The number of fused-ring (bicyclic) bond motifs is 6. The van der Waals surface area contributed by atoms with Crippen molar-refractivity contribution >= 4 is 33.4 Å². The van der Waals surface area contributed by atoms with Gasteiger partial charge in [-0.05, 0) is 56.3 Å². The molecule has 4 saturated heterocycles. The van der Waals surface area contributed by atoms with Crippen molar-refractivity contribution in [3.05, 3.63) is 53.2 Å². The van der Waals surface area contributed by atoms with Crippen molar-refractivity contribution in [2.45, 2.75) is 56.2 Å². The van der Waals surface area contributed by atoms with Crippen LogP contribution in [0.25, 0.3) is 32.9 Å².